The molecule has 348 valence electrons. The number of rotatable bonds is 42. The summed E-state index contributed by atoms with van der Waals surface area (Å²) in [5.74, 6) is -2.33. The zero-order valence-electron chi connectivity index (χ0n) is 39.2. The Labute approximate surface area is 372 Å². The van der Waals surface area contributed by atoms with Gasteiger partial charge < -0.3 is 33.3 Å². The van der Waals surface area contributed by atoms with Gasteiger partial charge in [0.2, 0.25) is 0 Å². The predicted octanol–water partition coefficient (Wildman–Crippen LogP) is 11.6. The average molecular weight is 854 g/mol. The molecular weight excluding hydrogens is 767 g/mol. The van der Waals surface area contributed by atoms with Crippen LogP contribution in [0.25, 0.3) is 0 Å². The molecule has 2 atom stereocenters. The first-order valence-corrected chi connectivity index (χ1v) is 23.7. The lowest BCUT2D eigenvalue weighted by Crippen LogP contribution is -2.44. The predicted molar refractivity (Wildman–Crippen MR) is 251 cm³/mol. The van der Waals surface area contributed by atoms with E-state index in [1.807, 2.05) is 21.1 Å². The highest BCUT2D eigenvalue weighted by atomic mass is 16.7. The Morgan fingerprint density at radius 1 is 0.508 bits per heavy atom. The van der Waals surface area contributed by atoms with Crippen LogP contribution < -0.4 is 5.11 Å². The highest BCUT2D eigenvalue weighted by molar-refractivity contribution is 5.70. The number of nitrogens with zero attached hydrogens (tertiary/aromatic N) is 1. The van der Waals surface area contributed by atoms with Gasteiger partial charge in [-0.1, -0.05) is 157 Å². The number of hydrogen-bond donors (Lipinski definition) is 0. The van der Waals surface area contributed by atoms with Crippen LogP contribution in [0.4, 0.5) is 0 Å². The van der Waals surface area contributed by atoms with Gasteiger partial charge in [0.15, 0.2) is 12.4 Å². The second kappa shape index (κ2) is 43.1. The van der Waals surface area contributed by atoms with E-state index in [-0.39, 0.29) is 38.6 Å². The minimum atomic E-state index is -1.63. The van der Waals surface area contributed by atoms with Gasteiger partial charge in [0.25, 0.3) is 0 Å². The van der Waals surface area contributed by atoms with Crippen LogP contribution in [0.3, 0.4) is 0 Å². The zero-order valence-corrected chi connectivity index (χ0v) is 39.2. The second-order valence-electron chi connectivity index (χ2n) is 16.7. The fraction of sp³-hybridized carbons (Fsp3) is 0.673. The van der Waals surface area contributed by atoms with Crippen LogP contribution in [0.15, 0.2) is 85.1 Å². The maximum Gasteiger partial charge on any atom is 0.306 e. The molecule has 0 saturated heterocycles. The first-order chi connectivity index (χ1) is 29.6. The third-order valence-corrected chi connectivity index (χ3v) is 9.61. The van der Waals surface area contributed by atoms with Crippen molar-refractivity contribution in [1.29, 1.82) is 0 Å². The Morgan fingerprint density at radius 2 is 0.934 bits per heavy atom. The second-order valence-corrected chi connectivity index (χ2v) is 16.7. The molecule has 0 aromatic heterocycles. The molecule has 0 spiro atoms. The third-order valence-electron chi connectivity index (χ3n) is 9.61. The smallest absolute Gasteiger partial charge is 0.306 e. The molecule has 9 heteroatoms. The van der Waals surface area contributed by atoms with Gasteiger partial charge in [0, 0.05) is 12.8 Å². The van der Waals surface area contributed by atoms with Gasteiger partial charge in [-0.15, -0.1) is 0 Å². The molecule has 61 heavy (non-hydrogen) atoms. The summed E-state index contributed by atoms with van der Waals surface area (Å²) in [6, 6.07) is 0. The van der Waals surface area contributed by atoms with E-state index in [0.717, 1.165) is 109 Å². The molecule has 0 amide bonds. The molecule has 2 unspecified atom stereocenters. The van der Waals surface area contributed by atoms with E-state index in [4.69, 9.17) is 18.9 Å². The monoisotopic (exact) mass is 854 g/mol. The van der Waals surface area contributed by atoms with Crippen LogP contribution in [-0.4, -0.2) is 82.3 Å². The SMILES string of the molecule is CC/C=C\C/C=C\C/C=C\C/C=C\C/C=C\CCCCCCCCCC(=O)OC(COC(=O)CCCCCCC/C=C\C/C=C\CCC)COC(OCC[N+](C)(C)C)C(=O)[O-]. The summed E-state index contributed by atoms with van der Waals surface area (Å²) in [6.45, 7) is 4.51. The number of carbonyl (C=O) groups is 3. The van der Waals surface area contributed by atoms with Crippen LogP contribution in [0, 0.1) is 0 Å². The van der Waals surface area contributed by atoms with Gasteiger partial charge in [-0.05, 0) is 83.5 Å². The normalized spacial score (nSPS) is 13.7. The summed E-state index contributed by atoms with van der Waals surface area (Å²) in [5, 5.41) is 11.7. The summed E-state index contributed by atoms with van der Waals surface area (Å²) in [6.07, 6.45) is 51.8. The number of esters is 2. The molecule has 0 aliphatic heterocycles. The lowest BCUT2D eigenvalue weighted by Gasteiger charge is -2.26. The number of ether oxygens (including phenoxy) is 4. The molecule has 0 rings (SSSR count). The number of carbonyl (C=O) groups excluding carboxylic acids is 3. The van der Waals surface area contributed by atoms with Gasteiger partial charge in [-0.25, -0.2) is 0 Å². The Morgan fingerprint density at radius 3 is 1.39 bits per heavy atom. The maximum atomic E-state index is 12.8. The molecule has 0 aromatic rings. The first-order valence-electron chi connectivity index (χ1n) is 23.7. The van der Waals surface area contributed by atoms with Crippen LogP contribution in [0.5, 0.6) is 0 Å². The molecule has 0 aliphatic rings. The number of carboxylic acids is 1. The molecule has 0 bridgehead atoms. The van der Waals surface area contributed by atoms with Crippen molar-refractivity contribution in [2.45, 2.75) is 180 Å². The molecule has 0 aliphatic carbocycles. The summed E-state index contributed by atoms with van der Waals surface area (Å²) in [5.41, 5.74) is 0. The van der Waals surface area contributed by atoms with Crippen molar-refractivity contribution < 1.29 is 42.9 Å². The van der Waals surface area contributed by atoms with E-state index in [1.54, 1.807) is 0 Å². The lowest BCUT2D eigenvalue weighted by atomic mass is 10.1. The standard InChI is InChI=1S/C52H87NO8/c1-6-8-10-12-14-16-18-20-21-22-23-24-25-26-27-28-29-31-33-35-37-39-41-43-50(55)61-48(47-60-52(51(56)57)58-45-44-53(3,4)5)46-59-49(54)42-40-38-36-34-32-30-19-17-15-13-11-9-7-2/h8,10-11,13-14,16-17,19-21,23-24,26-27,48,52H,6-7,9,12,15,18,22,25,28-47H2,1-5H3/b10-8-,13-11-,16-14-,19-17-,21-20-,24-23-,27-26-. The quantitative estimate of drug-likeness (QED) is 0.0196. The Hall–Kier alpha value is -3.53. The van der Waals surface area contributed by atoms with Crippen molar-refractivity contribution in [1.82, 2.24) is 0 Å². The average Bonchev–Trinajstić information content (AvgIpc) is 3.22. The fourth-order valence-electron chi connectivity index (χ4n) is 5.95. The number of likely N-dealkylation sites (N-methyl/N-ethyl adjacent to an activating group) is 1. The summed E-state index contributed by atoms with van der Waals surface area (Å²) >= 11 is 0. The Bertz CT molecular complexity index is 1270. The van der Waals surface area contributed by atoms with Gasteiger partial charge in [0.05, 0.1) is 40.3 Å². The molecule has 0 radical (unpaired) electrons. The van der Waals surface area contributed by atoms with Crippen LogP contribution >= 0.6 is 0 Å². The molecular formula is C52H87NO8. The molecule has 0 fully saturated rings. The maximum absolute atomic E-state index is 12.8. The fourth-order valence-corrected chi connectivity index (χ4v) is 5.95. The largest absolute Gasteiger partial charge is 0.545 e. The van der Waals surface area contributed by atoms with E-state index in [0.29, 0.717) is 17.4 Å². The van der Waals surface area contributed by atoms with E-state index in [1.165, 1.54) is 25.7 Å². The van der Waals surface area contributed by atoms with Gasteiger partial charge in [-0.3, -0.25) is 9.59 Å². The van der Waals surface area contributed by atoms with Crippen LogP contribution in [0.2, 0.25) is 0 Å². The van der Waals surface area contributed by atoms with Gasteiger partial charge in [-0.2, -0.15) is 0 Å². The van der Waals surface area contributed by atoms with Crippen LogP contribution in [0.1, 0.15) is 168 Å². The number of unbranched alkanes of at least 4 members (excludes halogenated alkanes) is 13. The minimum Gasteiger partial charge on any atom is -0.545 e. The highest BCUT2D eigenvalue weighted by Crippen LogP contribution is 2.13. The van der Waals surface area contributed by atoms with E-state index in [2.05, 4.69) is 98.9 Å². The van der Waals surface area contributed by atoms with Crippen molar-refractivity contribution in [2.75, 3.05) is 47.5 Å². The van der Waals surface area contributed by atoms with Crippen molar-refractivity contribution in [3.8, 4) is 0 Å². The highest BCUT2D eigenvalue weighted by Gasteiger charge is 2.21. The number of aliphatic carboxylic acids is 1. The molecule has 0 saturated carbocycles. The Kier molecular flexibility index (Phi) is 40.6. The number of hydrogen-bond acceptors (Lipinski definition) is 8. The summed E-state index contributed by atoms with van der Waals surface area (Å²) in [4.78, 5) is 37.0. The lowest BCUT2D eigenvalue weighted by molar-refractivity contribution is -0.870. The van der Waals surface area contributed by atoms with Crippen molar-refractivity contribution in [2.24, 2.45) is 0 Å². The third kappa shape index (κ3) is 44.3. The summed E-state index contributed by atoms with van der Waals surface area (Å²) in [7, 11) is 5.89. The molecule has 0 N–H and O–H groups in total. The number of allylic oxidation sites excluding steroid dienone is 14. The topological polar surface area (TPSA) is 111 Å². The van der Waals surface area contributed by atoms with Crippen molar-refractivity contribution >= 4 is 17.9 Å². The minimum absolute atomic E-state index is 0.138. The van der Waals surface area contributed by atoms with Crippen molar-refractivity contribution in [3.05, 3.63) is 85.1 Å². The van der Waals surface area contributed by atoms with E-state index >= 15 is 0 Å². The summed E-state index contributed by atoms with van der Waals surface area (Å²) < 4.78 is 22.5. The Balaban J connectivity index is 4.42. The van der Waals surface area contributed by atoms with Gasteiger partial charge in [0.1, 0.15) is 13.2 Å². The number of carboxylic acid groups (broad SMARTS) is 1. The van der Waals surface area contributed by atoms with Gasteiger partial charge >= 0.3 is 11.9 Å². The van der Waals surface area contributed by atoms with Crippen molar-refractivity contribution in [3.63, 3.8) is 0 Å². The van der Waals surface area contributed by atoms with Crippen LogP contribution in [-0.2, 0) is 33.3 Å². The molecule has 0 aromatic carbocycles. The number of quaternary nitrogens is 1. The molecule has 0 heterocycles. The first kappa shape index (κ1) is 57.5. The van der Waals surface area contributed by atoms with E-state index < -0.39 is 24.3 Å². The zero-order chi connectivity index (χ0) is 44.9. The molecule has 9 nitrogen and oxygen atoms in total. The van der Waals surface area contributed by atoms with E-state index in [9.17, 15) is 19.5 Å².